The number of hydrogen-bond donors (Lipinski definition) is 0. The highest BCUT2D eigenvalue weighted by Gasteiger charge is 2.22. The van der Waals surface area contributed by atoms with Crippen LogP contribution in [0.3, 0.4) is 0 Å². The third-order valence-electron chi connectivity index (χ3n) is 8.53. The number of para-hydroxylation sites is 3. The third-order valence-corrected chi connectivity index (χ3v) is 8.53. The predicted octanol–water partition coefficient (Wildman–Crippen LogP) is 10.0. The van der Waals surface area contributed by atoms with Crippen molar-refractivity contribution in [2.45, 2.75) is 0 Å². The zero-order valence-electron chi connectivity index (χ0n) is 23.8. The van der Waals surface area contributed by atoms with Gasteiger partial charge in [-0.2, -0.15) is 0 Å². The average molecular weight is 563 g/mol. The van der Waals surface area contributed by atoms with Crippen molar-refractivity contribution in [1.82, 2.24) is 19.1 Å². The first-order chi connectivity index (χ1) is 21.8. The minimum atomic E-state index is 0.701. The molecule has 0 fully saturated rings. The Kier molecular flexibility index (Phi) is 5.47. The Labute approximate surface area is 254 Å². The smallest absolute Gasteiger partial charge is 0.162 e. The van der Waals surface area contributed by atoms with E-state index in [9.17, 15) is 0 Å². The first-order valence-electron chi connectivity index (χ1n) is 14.9. The van der Waals surface area contributed by atoms with Crippen molar-refractivity contribution in [2.75, 3.05) is 0 Å². The van der Waals surface area contributed by atoms with Gasteiger partial charge < -0.3 is 4.57 Å². The van der Waals surface area contributed by atoms with Crippen molar-refractivity contribution in [1.29, 1.82) is 0 Å². The Morgan fingerprint density at radius 1 is 0.409 bits per heavy atom. The highest BCUT2D eigenvalue weighted by molar-refractivity contribution is 6.26. The maximum Gasteiger partial charge on any atom is 0.162 e. The number of hydrogen-bond acceptors (Lipinski definition) is 2. The van der Waals surface area contributed by atoms with Gasteiger partial charge in [-0.1, -0.05) is 121 Å². The molecule has 4 heteroatoms. The summed E-state index contributed by atoms with van der Waals surface area (Å²) in [5.41, 5.74) is 8.66. The molecule has 0 N–H and O–H groups in total. The molecule has 9 rings (SSSR count). The van der Waals surface area contributed by atoms with E-state index in [1.165, 1.54) is 27.1 Å². The van der Waals surface area contributed by atoms with Crippen molar-refractivity contribution >= 4 is 43.6 Å². The van der Waals surface area contributed by atoms with Crippen LogP contribution in [0, 0.1) is 0 Å². The maximum absolute atomic E-state index is 5.27. The fraction of sp³-hybridized carbons (Fsp3) is 0. The number of fused-ring (bicyclic) bond motifs is 7. The molecule has 0 aliphatic heterocycles. The summed E-state index contributed by atoms with van der Waals surface area (Å²) in [4.78, 5) is 10.3. The van der Waals surface area contributed by atoms with Crippen LogP contribution in [-0.2, 0) is 0 Å². The summed E-state index contributed by atoms with van der Waals surface area (Å²) in [7, 11) is 0. The Morgan fingerprint density at radius 3 is 1.73 bits per heavy atom. The molecular formula is C40H26N4. The lowest BCUT2D eigenvalue weighted by Crippen LogP contribution is -2.02. The molecule has 0 atom stereocenters. The molecule has 0 saturated heterocycles. The van der Waals surface area contributed by atoms with Crippen molar-refractivity contribution in [3.63, 3.8) is 0 Å². The molecule has 3 heterocycles. The fourth-order valence-corrected chi connectivity index (χ4v) is 6.62. The summed E-state index contributed by atoms with van der Waals surface area (Å²) >= 11 is 0. The van der Waals surface area contributed by atoms with Crippen LogP contribution in [0.25, 0.3) is 77.8 Å². The van der Waals surface area contributed by atoms with Crippen molar-refractivity contribution < 1.29 is 0 Å². The summed E-state index contributed by atoms with van der Waals surface area (Å²) in [6.45, 7) is 0. The van der Waals surface area contributed by atoms with Gasteiger partial charge in [0.25, 0.3) is 0 Å². The first kappa shape index (κ1) is 24.6. The molecule has 0 aliphatic carbocycles. The number of aromatic nitrogens is 4. The van der Waals surface area contributed by atoms with Crippen LogP contribution >= 0.6 is 0 Å². The van der Waals surface area contributed by atoms with Crippen molar-refractivity contribution in [2.24, 2.45) is 0 Å². The molecule has 9 aromatic rings. The fourth-order valence-electron chi connectivity index (χ4n) is 6.62. The summed E-state index contributed by atoms with van der Waals surface area (Å²) in [6.07, 6.45) is 0. The van der Waals surface area contributed by atoms with Gasteiger partial charge in [0.05, 0.1) is 27.8 Å². The van der Waals surface area contributed by atoms with Crippen molar-refractivity contribution in [3.8, 4) is 34.2 Å². The van der Waals surface area contributed by atoms with E-state index in [1.807, 2.05) is 24.3 Å². The largest absolute Gasteiger partial charge is 0.309 e. The third kappa shape index (κ3) is 3.71. The van der Waals surface area contributed by atoms with Gasteiger partial charge in [0.1, 0.15) is 5.82 Å². The second-order valence-electron chi connectivity index (χ2n) is 11.1. The van der Waals surface area contributed by atoms with E-state index in [-0.39, 0.29) is 0 Å². The lowest BCUT2D eigenvalue weighted by Gasteiger charge is -2.13. The molecule has 0 radical (unpaired) electrons. The lowest BCUT2D eigenvalue weighted by molar-refractivity contribution is 1.05. The Morgan fingerprint density at radius 2 is 1.00 bits per heavy atom. The Hall–Kier alpha value is -6.00. The predicted molar refractivity (Wildman–Crippen MR) is 182 cm³/mol. The van der Waals surface area contributed by atoms with Crippen LogP contribution in [0.2, 0.25) is 0 Å². The molecule has 206 valence electrons. The van der Waals surface area contributed by atoms with E-state index in [0.29, 0.717) is 5.82 Å². The molecule has 0 bridgehead atoms. The first-order valence-corrected chi connectivity index (χ1v) is 14.9. The molecule has 0 aliphatic rings. The van der Waals surface area contributed by atoms with Gasteiger partial charge in [-0.3, -0.25) is 4.57 Å². The second kappa shape index (κ2) is 9.79. The van der Waals surface area contributed by atoms with E-state index in [1.54, 1.807) is 0 Å². The SMILES string of the molecule is c1ccc(-c2cc(-n3c4ccccc4c4ccc5c(c6ccccc6n5-c5ccccc5)c43)nc(-c3ccccc3)n2)cc1. The maximum atomic E-state index is 5.27. The molecule has 3 aromatic heterocycles. The molecule has 0 amide bonds. The Balaban J connectivity index is 1.46. The molecule has 0 saturated carbocycles. The number of benzene rings is 6. The molecule has 4 nitrogen and oxygen atoms in total. The summed E-state index contributed by atoms with van der Waals surface area (Å²) in [6, 6.07) is 55.3. The Bertz CT molecular complexity index is 2420. The minimum absolute atomic E-state index is 0.701. The van der Waals surface area contributed by atoms with E-state index in [4.69, 9.17) is 9.97 Å². The van der Waals surface area contributed by atoms with E-state index in [2.05, 4.69) is 143 Å². The standard InChI is InChI=1S/C40H26N4/c1-4-14-27(15-5-1)33-26-37(42-40(41-33)28-16-6-2-7-17-28)44-34-22-12-10-20-30(34)31-24-25-36-38(39(31)44)32-21-11-13-23-35(32)43(36)29-18-8-3-9-19-29/h1-26H. The van der Waals surface area contributed by atoms with Gasteiger partial charge in [-0.05, 0) is 30.3 Å². The summed E-state index contributed by atoms with van der Waals surface area (Å²) in [5.74, 6) is 1.54. The average Bonchev–Trinajstić information content (AvgIpc) is 3.62. The highest BCUT2D eigenvalue weighted by atomic mass is 15.1. The van der Waals surface area contributed by atoms with Crippen LogP contribution in [-0.4, -0.2) is 19.1 Å². The summed E-state index contributed by atoms with van der Waals surface area (Å²) < 4.78 is 4.71. The second-order valence-corrected chi connectivity index (χ2v) is 11.1. The summed E-state index contributed by atoms with van der Waals surface area (Å²) in [5, 5.41) is 4.81. The number of nitrogens with zero attached hydrogens (tertiary/aromatic N) is 4. The van der Waals surface area contributed by atoms with Gasteiger partial charge in [0.2, 0.25) is 0 Å². The molecule has 0 spiro atoms. The minimum Gasteiger partial charge on any atom is -0.309 e. The normalized spacial score (nSPS) is 11.6. The van der Waals surface area contributed by atoms with Crippen LogP contribution < -0.4 is 0 Å². The van der Waals surface area contributed by atoms with E-state index < -0.39 is 0 Å². The van der Waals surface area contributed by atoms with Gasteiger partial charge in [0, 0.05) is 44.4 Å². The van der Waals surface area contributed by atoms with Gasteiger partial charge in [0.15, 0.2) is 5.82 Å². The van der Waals surface area contributed by atoms with E-state index in [0.717, 1.165) is 44.9 Å². The lowest BCUT2D eigenvalue weighted by atomic mass is 10.1. The van der Waals surface area contributed by atoms with Crippen LogP contribution in [0.1, 0.15) is 0 Å². The van der Waals surface area contributed by atoms with Crippen LogP contribution in [0.5, 0.6) is 0 Å². The van der Waals surface area contributed by atoms with Gasteiger partial charge >= 0.3 is 0 Å². The molecule has 6 aromatic carbocycles. The monoisotopic (exact) mass is 562 g/mol. The highest BCUT2D eigenvalue weighted by Crippen LogP contribution is 2.42. The van der Waals surface area contributed by atoms with Gasteiger partial charge in [-0.25, -0.2) is 9.97 Å². The molecule has 44 heavy (non-hydrogen) atoms. The van der Waals surface area contributed by atoms with Crippen LogP contribution in [0.15, 0.2) is 158 Å². The molecule has 0 unspecified atom stereocenters. The van der Waals surface area contributed by atoms with E-state index >= 15 is 0 Å². The zero-order chi connectivity index (χ0) is 29.0. The van der Waals surface area contributed by atoms with Gasteiger partial charge in [-0.15, -0.1) is 0 Å². The van der Waals surface area contributed by atoms with Crippen molar-refractivity contribution in [3.05, 3.63) is 158 Å². The topological polar surface area (TPSA) is 35.6 Å². The zero-order valence-corrected chi connectivity index (χ0v) is 23.8. The number of rotatable bonds is 4. The van der Waals surface area contributed by atoms with Crippen LogP contribution in [0.4, 0.5) is 0 Å². The quantitative estimate of drug-likeness (QED) is 0.214. The molecular weight excluding hydrogens is 536 g/mol.